The molecule has 0 aliphatic carbocycles. The van der Waals surface area contributed by atoms with E-state index in [-0.39, 0.29) is 0 Å². The molecule has 0 radical (unpaired) electrons. The van der Waals surface area contributed by atoms with Crippen LogP contribution in [0.2, 0.25) is 0 Å². The van der Waals surface area contributed by atoms with Gasteiger partial charge in [-0.25, -0.2) is 0 Å². The third-order valence-corrected chi connectivity index (χ3v) is 7.89. The molecular formula is C28H16F26. The van der Waals surface area contributed by atoms with Crippen LogP contribution in [0.25, 0.3) is 0 Å². The Kier molecular flexibility index (Phi) is 11.8. The van der Waals surface area contributed by atoms with E-state index in [0.29, 0.717) is 48.5 Å². The van der Waals surface area contributed by atoms with Gasteiger partial charge in [-0.05, 0) is 23.0 Å². The summed E-state index contributed by atoms with van der Waals surface area (Å²) in [6.07, 6.45) is -22.7. The molecule has 0 bridgehead atoms. The summed E-state index contributed by atoms with van der Waals surface area (Å²) in [5, 5.41) is 0. The minimum absolute atomic E-state index is 0.322. The van der Waals surface area contributed by atoms with E-state index in [1.165, 1.54) is 0 Å². The monoisotopic (exact) mass is 846 g/mol. The predicted octanol–water partition coefficient (Wildman–Crippen LogP) is 12.8. The van der Waals surface area contributed by atoms with Crippen LogP contribution < -0.4 is 0 Å². The van der Waals surface area contributed by atoms with Crippen molar-refractivity contribution in [1.82, 2.24) is 0 Å². The van der Waals surface area contributed by atoms with E-state index in [2.05, 4.69) is 0 Å². The van der Waals surface area contributed by atoms with Crippen molar-refractivity contribution in [3.63, 3.8) is 0 Å². The molecule has 2 aromatic rings. The first-order valence-electron chi connectivity index (χ1n) is 13.7. The van der Waals surface area contributed by atoms with Crippen LogP contribution in [-0.4, -0.2) is 71.6 Å². The summed E-state index contributed by atoms with van der Waals surface area (Å²) in [7, 11) is 0. The lowest BCUT2D eigenvalue weighted by molar-refractivity contribution is -0.441. The van der Waals surface area contributed by atoms with Crippen LogP contribution in [0.5, 0.6) is 0 Å². The normalized spacial score (nSPS) is 16.7. The van der Waals surface area contributed by atoms with Crippen molar-refractivity contribution in [2.24, 2.45) is 0 Å². The predicted molar refractivity (Wildman–Crippen MR) is 129 cm³/mol. The molecule has 0 aliphatic rings. The van der Waals surface area contributed by atoms with E-state index in [4.69, 9.17) is 0 Å². The summed E-state index contributed by atoms with van der Waals surface area (Å²) in [6, 6.07) is 5.38. The Morgan fingerprint density at radius 2 is 0.481 bits per heavy atom. The Hall–Kier alpha value is -3.38. The van der Waals surface area contributed by atoms with Crippen LogP contribution in [0, 0.1) is 0 Å². The number of hydrogen-bond donors (Lipinski definition) is 0. The quantitative estimate of drug-likeness (QED) is 0.157. The second-order valence-corrected chi connectivity index (χ2v) is 11.4. The highest BCUT2D eigenvalue weighted by molar-refractivity contribution is 5.31. The molecule has 2 atom stereocenters. The molecule has 0 amide bonds. The van der Waals surface area contributed by atoms with Crippen LogP contribution in [-0.2, 0) is 0 Å². The van der Waals surface area contributed by atoms with E-state index in [1.807, 2.05) is 0 Å². The fourth-order valence-electron chi connectivity index (χ4n) is 4.80. The second kappa shape index (κ2) is 13.7. The Morgan fingerprint density at radius 1 is 0.278 bits per heavy atom. The Morgan fingerprint density at radius 3 is 0.685 bits per heavy atom. The summed E-state index contributed by atoms with van der Waals surface area (Å²) < 4.78 is 360. The lowest BCUT2D eigenvalue weighted by Gasteiger charge is -2.42. The first-order valence-corrected chi connectivity index (χ1v) is 13.7. The van der Waals surface area contributed by atoms with Crippen molar-refractivity contribution >= 4 is 0 Å². The highest BCUT2D eigenvalue weighted by atomic mass is 19.4. The molecule has 0 fully saturated rings. The van der Waals surface area contributed by atoms with E-state index in [1.54, 1.807) is 0 Å². The van der Waals surface area contributed by atoms with Gasteiger partial charge in [0.1, 0.15) is 0 Å². The molecule has 0 heterocycles. The molecule has 0 saturated heterocycles. The number of halogens is 26. The molecule has 2 unspecified atom stereocenters. The highest BCUT2D eigenvalue weighted by Gasteiger charge is 2.92. The van der Waals surface area contributed by atoms with Gasteiger partial charge in [0.15, 0.2) is 0 Å². The van der Waals surface area contributed by atoms with Gasteiger partial charge in [-0.2, -0.15) is 114 Å². The van der Waals surface area contributed by atoms with Crippen LogP contribution in [0.1, 0.15) is 35.8 Å². The SMILES string of the molecule is FC(F)(F)C(F)(F)C(F)(F)C(F)(F)C(F)(F)C(F)(F)CC(c1ccccc1)C(CC(F)(F)C(F)(F)C(F)(F)C(F)(F)C(F)(F)C(F)(F)F)c1ccccc1. The van der Waals surface area contributed by atoms with Crippen molar-refractivity contribution in [3.8, 4) is 0 Å². The van der Waals surface area contributed by atoms with E-state index in [9.17, 15) is 96.6 Å². The second-order valence-electron chi connectivity index (χ2n) is 11.4. The summed E-state index contributed by atoms with van der Waals surface area (Å²) in [5.41, 5.74) is -2.56. The molecule has 310 valence electrons. The van der Waals surface area contributed by atoms with Crippen molar-refractivity contribution in [2.75, 3.05) is 0 Å². The summed E-state index contributed by atoms with van der Waals surface area (Å²) >= 11 is 0. The van der Waals surface area contributed by atoms with Gasteiger partial charge >= 0.3 is 71.6 Å². The molecule has 0 saturated carbocycles. The Bertz CT molecular complexity index is 1440. The fourth-order valence-corrected chi connectivity index (χ4v) is 4.80. The van der Waals surface area contributed by atoms with Crippen molar-refractivity contribution in [2.45, 2.75) is 96.3 Å². The van der Waals surface area contributed by atoms with Crippen LogP contribution in [0.4, 0.5) is 114 Å². The van der Waals surface area contributed by atoms with Crippen molar-refractivity contribution in [3.05, 3.63) is 71.8 Å². The zero-order chi connectivity index (χ0) is 42.8. The topological polar surface area (TPSA) is 0 Å². The minimum Gasteiger partial charge on any atom is -0.200 e. The summed E-state index contributed by atoms with van der Waals surface area (Å²) in [6.45, 7) is 0. The average molecular weight is 846 g/mol. The standard InChI is InChI=1S/C28H16F26/c29-17(30,19(33,34)21(37,38)23(41,42)25(45,46)27(49,50)51)11-15(13-7-3-1-4-8-13)16(14-9-5-2-6-10-14)12-18(31,32)20(35,36)22(39,40)24(43,44)26(47,48)28(52,53)54/h1-10,15-16H,11-12H2. The van der Waals surface area contributed by atoms with Gasteiger partial charge in [-0.1, -0.05) is 60.7 Å². The first kappa shape index (κ1) is 46.8. The zero-order valence-electron chi connectivity index (χ0n) is 25.2. The number of benzene rings is 2. The minimum atomic E-state index is -8.48. The maximum absolute atomic E-state index is 15.1. The van der Waals surface area contributed by atoms with Gasteiger partial charge in [-0.3, -0.25) is 0 Å². The molecule has 2 aromatic carbocycles. The van der Waals surface area contributed by atoms with Gasteiger partial charge in [0.25, 0.3) is 0 Å². The lowest BCUT2D eigenvalue weighted by atomic mass is 9.73. The summed E-state index contributed by atoms with van der Waals surface area (Å²) in [4.78, 5) is 0. The van der Waals surface area contributed by atoms with E-state index < -0.39 is 107 Å². The third kappa shape index (κ3) is 7.10. The van der Waals surface area contributed by atoms with E-state index >= 15 is 17.6 Å². The maximum atomic E-state index is 15.1. The first-order chi connectivity index (χ1) is 23.7. The van der Waals surface area contributed by atoms with Crippen molar-refractivity contribution in [1.29, 1.82) is 0 Å². The average Bonchev–Trinajstić information content (AvgIpc) is 3.01. The van der Waals surface area contributed by atoms with Gasteiger partial charge in [0, 0.05) is 12.8 Å². The van der Waals surface area contributed by atoms with Crippen molar-refractivity contribution < 1.29 is 114 Å². The maximum Gasteiger partial charge on any atom is 0.460 e. The molecule has 2 rings (SSSR count). The van der Waals surface area contributed by atoms with E-state index in [0.717, 1.165) is 12.1 Å². The molecule has 0 aromatic heterocycles. The van der Waals surface area contributed by atoms with Crippen LogP contribution >= 0.6 is 0 Å². The van der Waals surface area contributed by atoms with Gasteiger partial charge in [-0.15, -0.1) is 0 Å². The van der Waals surface area contributed by atoms with Gasteiger partial charge in [0.05, 0.1) is 0 Å². The highest BCUT2D eigenvalue weighted by Crippen LogP contribution is 2.64. The van der Waals surface area contributed by atoms with Crippen LogP contribution in [0.3, 0.4) is 0 Å². The lowest BCUT2D eigenvalue weighted by Crippen LogP contribution is -2.70. The molecule has 0 N–H and O–H groups in total. The molecular weight excluding hydrogens is 830 g/mol. The van der Waals surface area contributed by atoms with Crippen LogP contribution in [0.15, 0.2) is 60.7 Å². The molecule has 26 heteroatoms. The Labute approximate surface area is 283 Å². The smallest absolute Gasteiger partial charge is 0.200 e. The number of hydrogen-bond acceptors (Lipinski definition) is 0. The molecule has 54 heavy (non-hydrogen) atoms. The van der Waals surface area contributed by atoms with Gasteiger partial charge in [0.2, 0.25) is 0 Å². The zero-order valence-corrected chi connectivity index (χ0v) is 25.2. The number of alkyl halides is 26. The van der Waals surface area contributed by atoms with Gasteiger partial charge < -0.3 is 0 Å². The summed E-state index contributed by atoms with van der Waals surface area (Å²) in [5.74, 6) is -87.8. The number of rotatable bonds is 15. The fraction of sp³-hybridized carbons (Fsp3) is 0.571. The Balaban J connectivity index is 2.89. The molecule has 0 aliphatic heterocycles. The molecule has 0 nitrogen and oxygen atoms in total. The third-order valence-electron chi connectivity index (χ3n) is 7.89. The largest absolute Gasteiger partial charge is 0.460 e. The molecule has 0 spiro atoms.